The summed E-state index contributed by atoms with van der Waals surface area (Å²) < 4.78 is 0. The first-order valence-electron chi connectivity index (χ1n) is 9.75. The Morgan fingerprint density at radius 3 is 2.30 bits per heavy atom. The van der Waals surface area contributed by atoms with Crippen molar-refractivity contribution in [3.8, 4) is 0 Å². The maximum Gasteiger partial charge on any atom is 0.247 e. The summed E-state index contributed by atoms with van der Waals surface area (Å²) in [6, 6.07) is 13.8. The van der Waals surface area contributed by atoms with Crippen molar-refractivity contribution in [1.82, 2.24) is 4.90 Å². The molecular formula is C22H24N2O3. The molecule has 2 unspecified atom stereocenters. The highest BCUT2D eigenvalue weighted by molar-refractivity contribution is 6.10. The molecule has 0 spiro atoms. The third-order valence-electron chi connectivity index (χ3n) is 5.90. The summed E-state index contributed by atoms with van der Waals surface area (Å²) in [7, 11) is 0. The quantitative estimate of drug-likeness (QED) is 0.782. The van der Waals surface area contributed by atoms with Crippen LogP contribution in [0, 0.1) is 11.8 Å². The van der Waals surface area contributed by atoms with Crippen LogP contribution in [0.5, 0.6) is 0 Å². The number of likely N-dealkylation sites (tertiary alicyclic amines) is 1. The van der Waals surface area contributed by atoms with Crippen molar-refractivity contribution in [2.24, 2.45) is 11.8 Å². The molecule has 27 heavy (non-hydrogen) atoms. The van der Waals surface area contributed by atoms with E-state index in [0.29, 0.717) is 6.54 Å². The molecule has 2 atom stereocenters. The molecule has 2 fully saturated rings. The van der Waals surface area contributed by atoms with Crippen LogP contribution in [-0.4, -0.2) is 35.7 Å². The van der Waals surface area contributed by atoms with Gasteiger partial charge in [0.25, 0.3) is 0 Å². The second-order valence-corrected chi connectivity index (χ2v) is 7.40. The summed E-state index contributed by atoms with van der Waals surface area (Å²) in [6.45, 7) is 2.23. The molecular weight excluding hydrogens is 340 g/mol. The molecule has 2 aromatic carbocycles. The Kier molecular flexibility index (Phi) is 4.68. The van der Waals surface area contributed by atoms with Gasteiger partial charge in [0.05, 0.1) is 17.5 Å². The third-order valence-corrected chi connectivity index (χ3v) is 5.90. The van der Waals surface area contributed by atoms with Gasteiger partial charge < -0.3 is 4.90 Å². The Hall–Kier alpha value is -2.69. The van der Waals surface area contributed by atoms with Gasteiger partial charge in [-0.15, -0.1) is 0 Å². The first-order valence-corrected chi connectivity index (χ1v) is 9.75. The maximum atomic E-state index is 13.1. The number of nitrogens with zero attached hydrogens (tertiary/aromatic N) is 2. The van der Waals surface area contributed by atoms with Gasteiger partial charge in [-0.3, -0.25) is 19.3 Å². The molecule has 1 saturated carbocycles. The molecule has 140 valence electrons. The van der Waals surface area contributed by atoms with Gasteiger partial charge in [0.1, 0.15) is 6.54 Å². The van der Waals surface area contributed by atoms with E-state index in [1.165, 1.54) is 4.90 Å². The molecule has 1 aliphatic heterocycles. The minimum atomic E-state index is -0.216. The van der Waals surface area contributed by atoms with E-state index < -0.39 is 0 Å². The molecule has 4 rings (SSSR count). The smallest absolute Gasteiger partial charge is 0.247 e. The first kappa shape index (κ1) is 17.7. The van der Waals surface area contributed by atoms with Crippen LogP contribution in [0.15, 0.2) is 42.5 Å². The summed E-state index contributed by atoms with van der Waals surface area (Å²) in [4.78, 5) is 41.3. The Balaban J connectivity index is 1.59. The van der Waals surface area contributed by atoms with Crippen LogP contribution in [0.2, 0.25) is 0 Å². The molecule has 1 saturated heterocycles. The maximum absolute atomic E-state index is 13.1. The number of fused-ring (bicyclic) bond motifs is 2. The van der Waals surface area contributed by atoms with Gasteiger partial charge in [-0.2, -0.15) is 0 Å². The third kappa shape index (κ3) is 3.01. The van der Waals surface area contributed by atoms with E-state index >= 15 is 0 Å². The van der Waals surface area contributed by atoms with E-state index in [1.54, 1.807) is 4.90 Å². The van der Waals surface area contributed by atoms with E-state index in [2.05, 4.69) is 0 Å². The van der Waals surface area contributed by atoms with E-state index in [4.69, 9.17) is 0 Å². The number of rotatable bonds is 4. The number of anilines is 1. The van der Waals surface area contributed by atoms with Crippen molar-refractivity contribution < 1.29 is 14.4 Å². The zero-order valence-corrected chi connectivity index (χ0v) is 15.6. The molecule has 5 heteroatoms. The lowest BCUT2D eigenvalue weighted by atomic mass is 9.81. The van der Waals surface area contributed by atoms with Crippen molar-refractivity contribution >= 4 is 34.2 Å². The fourth-order valence-electron chi connectivity index (χ4n) is 4.53. The van der Waals surface area contributed by atoms with E-state index in [9.17, 15) is 14.4 Å². The standard InChI is InChI=1S/C22H24N2O3/c1-2-23(19-13-7-9-15-8-3-4-10-16(15)19)20(25)14-24-21(26)17-11-5-6-12-18(17)22(24)27/h3-4,7-10,13,17-18H,2,5-6,11-12,14H2,1H3. The second-order valence-electron chi connectivity index (χ2n) is 7.40. The van der Waals surface area contributed by atoms with Gasteiger partial charge in [0, 0.05) is 11.9 Å². The van der Waals surface area contributed by atoms with Crippen LogP contribution in [0.25, 0.3) is 10.8 Å². The topological polar surface area (TPSA) is 57.7 Å². The Morgan fingerprint density at radius 2 is 1.63 bits per heavy atom. The number of carbonyl (C=O) groups is 3. The van der Waals surface area contributed by atoms with Crippen LogP contribution in [0.3, 0.4) is 0 Å². The van der Waals surface area contributed by atoms with E-state index in [-0.39, 0.29) is 36.1 Å². The zero-order chi connectivity index (χ0) is 19.0. The minimum absolute atomic E-state index is 0.160. The lowest BCUT2D eigenvalue weighted by Crippen LogP contribution is -2.43. The van der Waals surface area contributed by atoms with Gasteiger partial charge in [0.2, 0.25) is 17.7 Å². The first-order chi connectivity index (χ1) is 13.1. The fraction of sp³-hybridized carbons (Fsp3) is 0.409. The Bertz CT molecular complexity index is 878. The highest BCUT2D eigenvalue weighted by Gasteiger charge is 2.48. The van der Waals surface area contributed by atoms with E-state index in [0.717, 1.165) is 42.1 Å². The van der Waals surface area contributed by atoms with Crippen molar-refractivity contribution in [3.05, 3.63) is 42.5 Å². The molecule has 1 aliphatic carbocycles. The Morgan fingerprint density at radius 1 is 1.00 bits per heavy atom. The van der Waals surface area contributed by atoms with Crippen LogP contribution in [0.4, 0.5) is 5.69 Å². The monoisotopic (exact) mass is 364 g/mol. The highest BCUT2D eigenvalue weighted by atomic mass is 16.2. The predicted octanol–water partition coefficient (Wildman–Crippen LogP) is 3.37. The van der Waals surface area contributed by atoms with E-state index in [1.807, 2.05) is 49.4 Å². The number of likely N-dealkylation sites (N-methyl/N-ethyl adjacent to an activating group) is 1. The average Bonchev–Trinajstić information content (AvgIpc) is 2.94. The largest absolute Gasteiger partial charge is 0.311 e. The fourth-order valence-corrected chi connectivity index (χ4v) is 4.53. The van der Waals surface area contributed by atoms with Crippen LogP contribution in [0.1, 0.15) is 32.6 Å². The number of carbonyl (C=O) groups excluding carboxylic acids is 3. The van der Waals surface area contributed by atoms with Crippen LogP contribution < -0.4 is 4.90 Å². The Labute approximate surface area is 158 Å². The molecule has 2 aromatic rings. The summed E-state index contributed by atoms with van der Waals surface area (Å²) in [5.74, 6) is -0.966. The molecule has 0 aromatic heterocycles. The highest BCUT2D eigenvalue weighted by Crippen LogP contribution is 2.38. The predicted molar refractivity (Wildman–Crippen MR) is 104 cm³/mol. The lowest BCUT2D eigenvalue weighted by molar-refractivity contribution is -0.143. The number of imide groups is 1. The normalized spacial score (nSPS) is 22.2. The number of hydrogen-bond acceptors (Lipinski definition) is 3. The summed E-state index contributed by atoms with van der Waals surface area (Å²) >= 11 is 0. The van der Waals surface area contributed by atoms with Gasteiger partial charge in [-0.1, -0.05) is 49.2 Å². The van der Waals surface area contributed by atoms with Gasteiger partial charge in [0.15, 0.2) is 0 Å². The molecule has 0 radical (unpaired) electrons. The molecule has 1 heterocycles. The summed E-state index contributed by atoms with van der Waals surface area (Å²) in [5, 5.41) is 2.04. The van der Waals surface area contributed by atoms with Crippen molar-refractivity contribution in [1.29, 1.82) is 0 Å². The molecule has 3 amide bonds. The van der Waals surface area contributed by atoms with Gasteiger partial charge in [-0.05, 0) is 31.2 Å². The SMILES string of the molecule is CCN(C(=O)CN1C(=O)C2CCCCC2C1=O)c1cccc2ccccc12. The van der Waals surface area contributed by atoms with Crippen molar-refractivity contribution in [2.45, 2.75) is 32.6 Å². The summed E-state index contributed by atoms with van der Waals surface area (Å²) in [6.07, 6.45) is 3.50. The van der Waals surface area contributed by atoms with Crippen molar-refractivity contribution in [3.63, 3.8) is 0 Å². The van der Waals surface area contributed by atoms with Gasteiger partial charge in [-0.25, -0.2) is 0 Å². The second kappa shape index (κ2) is 7.14. The molecule has 0 N–H and O–H groups in total. The van der Waals surface area contributed by atoms with Crippen LogP contribution in [-0.2, 0) is 14.4 Å². The number of amides is 3. The zero-order valence-electron chi connectivity index (χ0n) is 15.6. The molecule has 0 bridgehead atoms. The van der Waals surface area contributed by atoms with Crippen molar-refractivity contribution in [2.75, 3.05) is 18.0 Å². The van der Waals surface area contributed by atoms with Gasteiger partial charge >= 0.3 is 0 Å². The molecule has 5 nitrogen and oxygen atoms in total. The average molecular weight is 364 g/mol. The lowest BCUT2D eigenvalue weighted by Gasteiger charge is -2.25. The van der Waals surface area contributed by atoms with Crippen LogP contribution >= 0.6 is 0 Å². The molecule has 2 aliphatic rings. The minimum Gasteiger partial charge on any atom is -0.311 e. The number of hydrogen-bond donors (Lipinski definition) is 0. The summed E-state index contributed by atoms with van der Waals surface area (Å²) in [5.41, 5.74) is 0.817. The number of benzene rings is 2.